The monoisotopic (exact) mass is 434 g/mol. The normalized spacial score (nSPS) is 11.0. The average Bonchev–Trinajstić information content (AvgIpc) is 3.48. The van der Waals surface area contributed by atoms with E-state index in [4.69, 9.17) is 0 Å². The van der Waals surface area contributed by atoms with Gasteiger partial charge < -0.3 is 5.32 Å². The summed E-state index contributed by atoms with van der Waals surface area (Å²) in [6.45, 7) is 0. The van der Waals surface area contributed by atoms with Crippen LogP contribution in [0.5, 0.6) is 0 Å². The summed E-state index contributed by atoms with van der Waals surface area (Å²) in [6.07, 6.45) is 1.97. The molecule has 0 spiro atoms. The van der Waals surface area contributed by atoms with Gasteiger partial charge in [-0.15, -0.1) is 34.0 Å². The lowest BCUT2D eigenvalue weighted by Crippen LogP contribution is -2.15. The number of carbonyl (C=O) groups excluding carboxylic acids is 1. The number of benzene rings is 1. The summed E-state index contributed by atoms with van der Waals surface area (Å²) in [7, 11) is 0. The minimum atomic E-state index is -0.131. The summed E-state index contributed by atoms with van der Waals surface area (Å²) >= 11 is 4.83. The molecule has 1 N–H and O–H groups in total. The molecule has 1 amide bonds. The molecule has 0 aliphatic carbocycles. The Kier molecular flexibility index (Phi) is 4.89. The van der Waals surface area contributed by atoms with Gasteiger partial charge in [-0.25, -0.2) is 15.0 Å². The van der Waals surface area contributed by atoms with Crippen molar-refractivity contribution in [3.05, 3.63) is 71.2 Å². The lowest BCUT2D eigenvalue weighted by Gasteiger charge is -2.04. The molecular weight excluding hydrogens is 420 g/mol. The molecule has 0 saturated heterocycles. The van der Waals surface area contributed by atoms with Crippen LogP contribution in [0.25, 0.3) is 30.7 Å². The Hall–Kier alpha value is -2.94. The fourth-order valence-corrected chi connectivity index (χ4v) is 5.43. The first-order valence-corrected chi connectivity index (χ1v) is 11.4. The van der Waals surface area contributed by atoms with E-state index in [1.807, 2.05) is 47.2 Å². The number of nitrogens with zero attached hydrogens (tertiary/aromatic N) is 3. The number of pyridine rings is 1. The lowest BCUT2D eigenvalue weighted by atomic mass is 10.3. The van der Waals surface area contributed by atoms with Crippen molar-refractivity contribution >= 4 is 56.0 Å². The summed E-state index contributed by atoms with van der Waals surface area (Å²) in [4.78, 5) is 27.0. The third-order valence-corrected chi connectivity index (χ3v) is 7.21. The van der Waals surface area contributed by atoms with Crippen LogP contribution in [0.3, 0.4) is 0 Å². The molecule has 0 saturated carbocycles. The Labute approximate surface area is 178 Å². The standard InChI is InChI=1S/C21H14N4OS3/c26-19(10-14-12-28-21(23-14)17-6-3-9-27-17)25-18-8-7-13(11-22-18)20-24-15-4-1-2-5-16(15)29-20/h1-9,11-12H,10H2,(H,22,25,26). The molecule has 142 valence electrons. The van der Waals surface area contributed by atoms with Crippen LogP contribution in [0.2, 0.25) is 0 Å². The smallest absolute Gasteiger partial charge is 0.231 e. The van der Waals surface area contributed by atoms with Gasteiger partial charge in [-0.2, -0.15) is 0 Å². The zero-order valence-electron chi connectivity index (χ0n) is 15.0. The first kappa shape index (κ1) is 18.1. The first-order chi connectivity index (χ1) is 14.2. The second-order valence-corrected chi connectivity index (χ2v) is 9.10. The number of amides is 1. The van der Waals surface area contributed by atoms with Gasteiger partial charge in [0.2, 0.25) is 5.91 Å². The van der Waals surface area contributed by atoms with Crippen molar-refractivity contribution in [2.24, 2.45) is 0 Å². The molecule has 29 heavy (non-hydrogen) atoms. The van der Waals surface area contributed by atoms with E-state index in [9.17, 15) is 4.79 Å². The van der Waals surface area contributed by atoms with Crippen LogP contribution in [0.1, 0.15) is 5.69 Å². The Bertz CT molecular complexity index is 1240. The number of rotatable bonds is 5. The number of nitrogens with one attached hydrogen (secondary N) is 1. The maximum Gasteiger partial charge on any atom is 0.231 e. The number of hydrogen-bond acceptors (Lipinski definition) is 7. The van der Waals surface area contributed by atoms with E-state index in [1.54, 1.807) is 46.3 Å². The van der Waals surface area contributed by atoms with E-state index in [1.165, 1.54) is 0 Å². The molecule has 4 heterocycles. The topological polar surface area (TPSA) is 67.8 Å². The van der Waals surface area contributed by atoms with Gasteiger partial charge in [-0.05, 0) is 35.7 Å². The van der Waals surface area contributed by atoms with E-state index in [0.717, 1.165) is 36.4 Å². The Balaban J connectivity index is 1.25. The van der Waals surface area contributed by atoms with Crippen LogP contribution in [0.15, 0.2) is 65.5 Å². The lowest BCUT2D eigenvalue weighted by molar-refractivity contribution is -0.115. The van der Waals surface area contributed by atoms with Gasteiger partial charge in [0.15, 0.2) is 0 Å². The molecule has 0 aliphatic rings. The molecule has 1 aromatic carbocycles. The third kappa shape index (κ3) is 3.95. The SMILES string of the molecule is O=C(Cc1csc(-c2cccs2)n1)Nc1ccc(-c2nc3ccccc3s2)cn1. The summed E-state index contributed by atoms with van der Waals surface area (Å²) in [5, 5.41) is 8.65. The zero-order valence-corrected chi connectivity index (χ0v) is 17.5. The van der Waals surface area contributed by atoms with Crippen LogP contribution in [0.4, 0.5) is 5.82 Å². The highest BCUT2D eigenvalue weighted by Gasteiger charge is 2.11. The predicted molar refractivity (Wildman–Crippen MR) is 121 cm³/mol. The maximum atomic E-state index is 12.4. The summed E-state index contributed by atoms with van der Waals surface area (Å²) in [5.41, 5.74) is 2.68. The van der Waals surface area contributed by atoms with Crippen LogP contribution in [-0.2, 0) is 11.2 Å². The van der Waals surface area contributed by atoms with E-state index < -0.39 is 0 Å². The second kappa shape index (κ2) is 7.82. The quantitative estimate of drug-likeness (QED) is 0.384. The average molecular weight is 435 g/mol. The van der Waals surface area contributed by atoms with E-state index in [0.29, 0.717) is 5.82 Å². The number of aromatic nitrogens is 3. The van der Waals surface area contributed by atoms with Gasteiger partial charge in [0.1, 0.15) is 15.8 Å². The minimum absolute atomic E-state index is 0.131. The van der Waals surface area contributed by atoms with Crippen LogP contribution in [-0.4, -0.2) is 20.9 Å². The largest absolute Gasteiger partial charge is 0.310 e. The summed E-state index contributed by atoms with van der Waals surface area (Å²) < 4.78 is 1.14. The molecule has 4 aromatic heterocycles. The molecule has 0 bridgehead atoms. The molecule has 0 atom stereocenters. The van der Waals surface area contributed by atoms with Gasteiger partial charge in [0, 0.05) is 17.1 Å². The van der Waals surface area contributed by atoms with E-state index in [-0.39, 0.29) is 12.3 Å². The van der Waals surface area contributed by atoms with Crippen molar-refractivity contribution in [1.82, 2.24) is 15.0 Å². The molecule has 0 unspecified atom stereocenters. The Morgan fingerprint density at radius 3 is 2.69 bits per heavy atom. The highest BCUT2D eigenvalue weighted by Crippen LogP contribution is 2.30. The number of hydrogen-bond donors (Lipinski definition) is 1. The van der Waals surface area contributed by atoms with Crippen LogP contribution < -0.4 is 5.32 Å². The number of thiophene rings is 1. The number of anilines is 1. The highest BCUT2D eigenvalue weighted by atomic mass is 32.1. The zero-order chi connectivity index (χ0) is 19.6. The molecule has 0 fully saturated rings. The van der Waals surface area contributed by atoms with E-state index >= 15 is 0 Å². The third-order valence-electron chi connectivity index (χ3n) is 4.20. The molecule has 0 aliphatic heterocycles. The van der Waals surface area contributed by atoms with Gasteiger partial charge in [0.25, 0.3) is 0 Å². The molecule has 5 nitrogen and oxygen atoms in total. The van der Waals surface area contributed by atoms with Crippen molar-refractivity contribution in [3.63, 3.8) is 0 Å². The predicted octanol–water partition coefficient (Wildman–Crippen LogP) is 5.72. The Morgan fingerprint density at radius 2 is 1.90 bits per heavy atom. The van der Waals surface area contributed by atoms with Crippen molar-refractivity contribution in [1.29, 1.82) is 0 Å². The highest BCUT2D eigenvalue weighted by molar-refractivity contribution is 7.21. The molecule has 5 aromatic rings. The number of carbonyl (C=O) groups is 1. The van der Waals surface area contributed by atoms with Gasteiger partial charge in [-0.3, -0.25) is 4.79 Å². The summed E-state index contributed by atoms with van der Waals surface area (Å²) in [6, 6.07) is 15.8. The van der Waals surface area contributed by atoms with Gasteiger partial charge >= 0.3 is 0 Å². The second-order valence-electron chi connectivity index (χ2n) is 6.27. The number of thiazole rings is 2. The molecule has 0 radical (unpaired) electrons. The van der Waals surface area contributed by atoms with Crippen molar-refractivity contribution in [2.45, 2.75) is 6.42 Å². The molecular formula is C21H14N4OS3. The first-order valence-electron chi connectivity index (χ1n) is 8.85. The fraction of sp³-hybridized carbons (Fsp3) is 0.0476. The Morgan fingerprint density at radius 1 is 0.966 bits per heavy atom. The maximum absolute atomic E-state index is 12.4. The molecule has 5 rings (SSSR count). The van der Waals surface area contributed by atoms with Crippen LogP contribution in [0, 0.1) is 0 Å². The molecule has 8 heteroatoms. The van der Waals surface area contributed by atoms with Crippen molar-refractivity contribution < 1.29 is 4.79 Å². The fourth-order valence-electron chi connectivity index (χ4n) is 2.84. The van der Waals surface area contributed by atoms with Crippen molar-refractivity contribution in [2.75, 3.05) is 5.32 Å². The summed E-state index contributed by atoms with van der Waals surface area (Å²) in [5.74, 6) is 0.391. The van der Waals surface area contributed by atoms with Gasteiger partial charge in [0.05, 0.1) is 27.2 Å². The minimum Gasteiger partial charge on any atom is -0.310 e. The van der Waals surface area contributed by atoms with E-state index in [2.05, 4.69) is 26.3 Å². The number of fused-ring (bicyclic) bond motifs is 1. The number of para-hydroxylation sites is 1. The van der Waals surface area contributed by atoms with Gasteiger partial charge in [-0.1, -0.05) is 18.2 Å². The van der Waals surface area contributed by atoms with Crippen molar-refractivity contribution in [3.8, 4) is 20.5 Å². The van der Waals surface area contributed by atoms with Crippen LogP contribution >= 0.6 is 34.0 Å².